The smallest absolute Gasteiger partial charge is 0.0317 e. The van der Waals surface area contributed by atoms with Crippen LogP contribution in [-0.4, -0.2) is 0 Å². The van der Waals surface area contributed by atoms with Gasteiger partial charge in [0, 0.05) is 17.3 Å². The Bertz CT molecular complexity index is 786. The molecule has 0 aliphatic heterocycles. The minimum atomic E-state index is 0.319. The van der Waals surface area contributed by atoms with Crippen LogP contribution in [0.5, 0.6) is 0 Å². The molecule has 4 rings (SSSR count). The van der Waals surface area contributed by atoms with Crippen LogP contribution in [0, 0.1) is 0 Å². The lowest BCUT2D eigenvalue weighted by molar-refractivity contribution is 0.828. The van der Waals surface area contributed by atoms with Gasteiger partial charge in [-0.15, -0.1) is 0 Å². The fourth-order valence-electron chi connectivity index (χ4n) is 3.47. The first-order valence-electron chi connectivity index (χ1n) is 7.55. The van der Waals surface area contributed by atoms with Gasteiger partial charge in [-0.05, 0) is 58.5 Å². The first kappa shape index (κ1) is 13.0. The highest BCUT2D eigenvalue weighted by atomic mass is 14.6. The van der Waals surface area contributed by atoms with E-state index in [0.29, 0.717) is 5.92 Å². The monoisotopic (exact) mass is 286 g/mol. The van der Waals surface area contributed by atoms with Crippen LogP contribution in [0.25, 0.3) is 11.1 Å². The Morgan fingerprint density at radius 1 is 0.682 bits per heavy atom. The van der Waals surface area contributed by atoms with E-state index in [9.17, 15) is 0 Å². The van der Waals surface area contributed by atoms with E-state index < -0.39 is 0 Å². The lowest BCUT2D eigenvalue weighted by atomic mass is 9.90. The fraction of sp³-hybridized carbons (Fsp3) is 0.100. The number of nitrogens with two attached hydrogens (primary N) is 2. The summed E-state index contributed by atoms with van der Waals surface area (Å²) in [5, 5.41) is 0. The summed E-state index contributed by atoms with van der Waals surface area (Å²) in [6, 6.07) is 23.0. The molecule has 0 bridgehead atoms. The van der Waals surface area contributed by atoms with E-state index in [4.69, 9.17) is 11.5 Å². The molecular weight excluding hydrogens is 268 g/mol. The Morgan fingerprint density at radius 3 is 1.77 bits per heavy atom. The van der Waals surface area contributed by atoms with Crippen LogP contribution < -0.4 is 11.5 Å². The maximum atomic E-state index is 6.03. The van der Waals surface area contributed by atoms with Gasteiger partial charge in [0.2, 0.25) is 0 Å². The number of nitrogen functional groups attached to an aromatic ring is 2. The normalized spacial score (nSPS) is 12.9. The van der Waals surface area contributed by atoms with E-state index in [1.54, 1.807) is 0 Å². The van der Waals surface area contributed by atoms with Crippen LogP contribution in [0.3, 0.4) is 0 Å². The van der Waals surface area contributed by atoms with E-state index in [1.165, 1.54) is 27.8 Å². The minimum Gasteiger partial charge on any atom is -0.399 e. The highest BCUT2D eigenvalue weighted by Crippen LogP contribution is 2.47. The van der Waals surface area contributed by atoms with Crippen molar-refractivity contribution in [2.24, 2.45) is 0 Å². The molecule has 2 nitrogen and oxygen atoms in total. The molecule has 108 valence electrons. The molecule has 0 fully saturated rings. The Labute approximate surface area is 130 Å². The van der Waals surface area contributed by atoms with Crippen LogP contribution in [0.15, 0.2) is 66.7 Å². The van der Waals surface area contributed by atoms with Gasteiger partial charge in [-0.1, -0.05) is 42.5 Å². The Morgan fingerprint density at radius 2 is 1.23 bits per heavy atom. The Balaban J connectivity index is 1.87. The molecule has 0 heterocycles. The van der Waals surface area contributed by atoms with Crippen molar-refractivity contribution in [3.8, 4) is 11.1 Å². The van der Waals surface area contributed by atoms with Gasteiger partial charge in [0.15, 0.2) is 0 Å². The van der Waals surface area contributed by atoms with Gasteiger partial charge in [0.25, 0.3) is 0 Å². The van der Waals surface area contributed by atoms with E-state index >= 15 is 0 Å². The lowest BCUT2D eigenvalue weighted by Gasteiger charge is -2.14. The molecule has 1 aliphatic carbocycles. The molecule has 0 radical (unpaired) electrons. The summed E-state index contributed by atoms with van der Waals surface area (Å²) in [5.74, 6) is 0.319. The maximum Gasteiger partial charge on any atom is 0.0317 e. The number of rotatable bonds is 2. The van der Waals surface area contributed by atoms with Crippen LogP contribution >= 0.6 is 0 Å². The number of hydrogen-bond acceptors (Lipinski definition) is 2. The predicted octanol–water partition coefficient (Wildman–Crippen LogP) is 4.21. The molecule has 0 saturated carbocycles. The quantitative estimate of drug-likeness (QED) is 0.693. The molecule has 3 aromatic carbocycles. The van der Waals surface area contributed by atoms with E-state index in [1.807, 2.05) is 12.1 Å². The number of hydrogen-bond donors (Lipinski definition) is 2. The molecule has 1 aliphatic rings. The zero-order valence-corrected chi connectivity index (χ0v) is 12.3. The fourth-order valence-corrected chi connectivity index (χ4v) is 3.47. The molecule has 0 saturated heterocycles. The summed E-state index contributed by atoms with van der Waals surface area (Å²) < 4.78 is 0. The first-order valence-corrected chi connectivity index (χ1v) is 7.55. The molecule has 2 heteroatoms. The lowest BCUT2D eigenvalue weighted by Crippen LogP contribution is -2.02. The molecule has 0 unspecified atom stereocenters. The summed E-state index contributed by atoms with van der Waals surface area (Å²) in [6.45, 7) is 0. The zero-order valence-electron chi connectivity index (χ0n) is 12.3. The minimum absolute atomic E-state index is 0.319. The second kappa shape index (κ2) is 4.92. The van der Waals surface area contributed by atoms with Crippen molar-refractivity contribution in [2.75, 3.05) is 11.5 Å². The van der Waals surface area contributed by atoms with Crippen molar-refractivity contribution >= 4 is 11.4 Å². The second-order valence-electron chi connectivity index (χ2n) is 5.94. The third kappa shape index (κ3) is 2.04. The highest BCUT2D eigenvalue weighted by Gasteiger charge is 2.28. The van der Waals surface area contributed by atoms with Gasteiger partial charge in [-0.25, -0.2) is 0 Å². The average Bonchev–Trinajstić information content (AvgIpc) is 2.81. The molecule has 4 N–H and O–H groups in total. The van der Waals surface area contributed by atoms with Crippen LogP contribution in [0.2, 0.25) is 0 Å². The van der Waals surface area contributed by atoms with Crippen LogP contribution in [0.4, 0.5) is 11.4 Å². The molecular formula is C20H18N2. The molecule has 22 heavy (non-hydrogen) atoms. The van der Waals surface area contributed by atoms with Gasteiger partial charge in [0.1, 0.15) is 0 Å². The van der Waals surface area contributed by atoms with Gasteiger partial charge < -0.3 is 11.5 Å². The predicted molar refractivity (Wildman–Crippen MR) is 92.7 cm³/mol. The molecule has 0 spiro atoms. The molecule has 0 aromatic heterocycles. The summed E-state index contributed by atoms with van der Waals surface area (Å²) in [4.78, 5) is 0. The standard InChI is InChI=1S/C20H18N2/c21-14-6-8-16-17-9-7-15(22)12-20(17)18(19(16)11-14)10-13-4-2-1-3-5-13/h1-9,11-12,18H,10,21-22H2. The van der Waals surface area contributed by atoms with E-state index in [-0.39, 0.29) is 0 Å². The van der Waals surface area contributed by atoms with Crippen molar-refractivity contribution in [3.05, 3.63) is 83.4 Å². The largest absolute Gasteiger partial charge is 0.399 e. The Hall–Kier alpha value is -2.74. The SMILES string of the molecule is Nc1ccc2c(c1)C(Cc1ccccc1)c1cc(N)ccc1-2. The van der Waals surface area contributed by atoms with E-state index in [2.05, 4.69) is 54.6 Å². The highest BCUT2D eigenvalue weighted by molar-refractivity contribution is 5.82. The number of anilines is 2. The average molecular weight is 286 g/mol. The Kier molecular flexibility index (Phi) is 2.90. The number of benzene rings is 3. The van der Waals surface area contributed by atoms with E-state index in [0.717, 1.165) is 17.8 Å². The van der Waals surface area contributed by atoms with Gasteiger partial charge in [-0.3, -0.25) is 0 Å². The summed E-state index contributed by atoms with van der Waals surface area (Å²) in [5.41, 5.74) is 20.2. The summed E-state index contributed by atoms with van der Waals surface area (Å²) in [6.07, 6.45) is 0.966. The van der Waals surface area contributed by atoms with Crippen molar-refractivity contribution in [3.63, 3.8) is 0 Å². The van der Waals surface area contributed by atoms with Gasteiger partial charge >= 0.3 is 0 Å². The molecule has 0 amide bonds. The summed E-state index contributed by atoms with van der Waals surface area (Å²) in [7, 11) is 0. The van der Waals surface area contributed by atoms with Crippen LogP contribution in [-0.2, 0) is 6.42 Å². The molecule has 3 aromatic rings. The molecule has 0 atom stereocenters. The summed E-state index contributed by atoms with van der Waals surface area (Å²) >= 11 is 0. The maximum absolute atomic E-state index is 6.03. The van der Waals surface area contributed by atoms with Crippen molar-refractivity contribution < 1.29 is 0 Å². The zero-order chi connectivity index (χ0) is 15.1. The van der Waals surface area contributed by atoms with Gasteiger partial charge in [0.05, 0.1) is 0 Å². The second-order valence-corrected chi connectivity index (χ2v) is 5.94. The number of fused-ring (bicyclic) bond motifs is 3. The van der Waals surface area contributed by atoms with Crippen molar-refractivity contribution in [1.82, 2.24) is 0 Å². The van der Waals surface area contributed by atoms with Gasteiger partial charge in [-0.2, -0.15) is 0 Å². The third-order valence-corrected chi connectivity index (χ3v) is 4.47. The van der Waals surface area contributed by atoms with Crippen molar-refractivity contribution in [1.29, 1.82) is 0 Å². The van der Waals surface area contributed by atoms with Crippen molar-refractivity contribution in [2.45, 2.75) is 12.3 Å². The topological polar surface area (TPSA) is 52.0 Å². The third-order valence-electron chi connectivity index (χ3n) is 4.47. The first-order chi connectivity index (χ1) is 10.7. The van der Waals surface area contributed by atoms with Crippen LogP contribution in [0.1, 0.15) is 22.6 Å².